The Labute approximate surface area is 142 Å². The van der Waals surface area contributed by atoms with Gasteiger partial charge in [0.2, 0.25) is 17.7 Å². The third kappa shape index (κ3) is 3.83. The number of carbonyl (C=O) groups excluding carboxylic acids is 3. The minimum absolute atomic E-state index is 0.0585. The van der Waals surface area contributed by atoms with Crippen LogP contribution in [0.4, 0.5) is 0 Å². The Morgan fingerprint density at radius 3 is 2.46 bits per heavy atom. The minimum atomic E-state index is -0.146. The molecule has 5 heteroatoms. The average Bonchev–Trinajstić information content (AvgIpc) is 2.92. The normalized spacial score (nSPS) is 21.4. The Hall–Kier alpha value is -2.17. The van der Waals surface area contributed by atoms with Gasteiger partial charge in [0.05, 0.1) is 0 Å². The SMILES string of the molecule is O=C1CCC(=O)N1CCC(=O)N1CCCC[C@H]1Cc1ccccc1. The van der Waals surface area contributed by atoms with E-state index >= 15 is 0 Å². The highest BCUT2D eigenvalue weighted by Gasteiger charge is 2.31. The van der Waals surface area contributed by atoms with E-state index in [1.807, 2.05) is 23.1 Å². The van der Waals surface area contributed by atoms with Crippen molar-refractivity contribution >= 4 is 17.7 Å². The Kier molecular flexibility index (Phi) is 5.28. The predicted molar refractivity (Wildman–Crippen MR) is 90.1 cm³/mol. The number of likely N-dealkylation sites (tertiary alicyclic amines) is 2. The maximum absolute atomic E-state index is 12.6. The summed E-state index contributed by atoms with van der Waals surface area (Å²) in [5.74, 6) is -0.234. The molecule has 0 N–H and O–H groups in total. The van der Waals surface area contributed by atoms with E-state index in [-0.39, 0.29) is 49.6 Å². The van der Waals surface area contributed by atoms with E-state index in [0.717, 1.165) is 32.2 Å². The molecule has 0 spiro atoms. The molecule has 0 saturated carbocycles. The van der Waals surface area contributed by atoms with Crippen LogP contribution in [0.3, 0.4) is 0 Å². The zero-order valence-electron chi connectivity index (χ0n) is 13.9. The zero-order valence-corrected chi connectivity index (χ0v) is 13.9. The second-order valence-corrected chi connectivity index (χ2v) is 6.62. The molecule has 2 saturated heterocycles. The summed E-state index contributed by atoms with van der Waals surface area (Å²) in [6.45, 7) is 1.00. The van der Waals surface area contributed by atoms with Crippen molar-refractivity contribution in [1.29, 1.82) is 0 Å². The molecular formula is C19H24N2O3. The van der Waals surface area contributed by atoms with E-state index in [1.54, 1.807) is 0 Å². The number of benzene rings is 1. The molecule has 2 aliphatic heterocycles. The summed E-state index contributed by atoms with van der Waals surface area (Å²) in [6.07, 6.45) is 4.86. The topological polar surface area (TPSA) is 57.7 Å². The largest absolute Gasteiger partial charge is 0.339 e. The van der Waals surface area contributed by atoms with E-state index in [0.29, 0.717) is 0 Å². The van der Waals surface area contributed by atoms with E-state index in [9.17, 15) is 14.4 Å². The zero-order chi connectivity index (χ0) is 16.9. The summed E-state index contributed by atoms with van der Waals surface area (Å²) in [5.41, 5.74) is 1.24. The average molecular weight is 328 g/mol. The van der Waals surface area contributed by atoms with Crippen molar-refractivity contribution in [3.8, 4) is 0 Å². The number of imide groups is 1. The Morgan fingerprint density at radius 2 is 1.75 bits per heavy atom. The van der Waals surface area contributed by atoms with Crippen molar-refractivity contribution in [3.63, 3.8) is 0 Å². The summed E-state index contributed by atoms with van der Waals surface area (Å²) in [4.78, 5) is 39.2. The predicted octanol–water partition coefficient (Wildman–Crippen LogP) is 2.15. The summed E-state index contributed by atoms with van der Waals surface area (Å²) in [7, 11) is 0. The van der Waals surface area contributed by atoms with Crippen molar-refractivity contribution in [2.24, 2.45) is 0 Å². The molecule has 128 valence electrons. The number of hydrogen-bond donors (Lipinski definition) is 0. The fraction of sp³-hybridized carbons (Fsp3) is 0.526. The highest BCUT2D eigenvalue weighted by molar-refractivity contribution is 6.02. The van der Waals surface area contributed by atoms with Crippen LogP contribution in [0.5, 0.6) is 0 Å². The van der Waals surface area contributed by atoms with Crippen LogP contribution in [0.1, 0.15) is 44.1 Å². The van der Waals surface area contributed by atoms with Gasteiger partial charge in [-0.3, -0.25) is 19.3 Å². The summed E-state index contributed by atoms with van der Waals surface area (Å²) in [6, 6.07) is 10.5. The molecule has 2 aliphatic rings. The lowest BCUT2D eigenvalue weighted by Gasteiger charge is -2.36. The second kappa shape index (κ2) is 7.60. The van der Waals surface area contributed by atoms with Gasteiger partial charge in [-0.05, 0) is 31.2 Å². The Morgan fingerprint density at radius 1 is 1.04 bits per heavy atom. The van der Waals surface area contributed by atoms with Crippen LogP contribution in [0.15, 0.2) is 30.3 Å². The van der Waals surface area contributed by atoms with Crippen LogP contribution >= 0.6 is 0 Å². The summed E-state index contributed by atoms with van der Waals surface area (Å²) in [5, 5.41) is 0. The van der Waals surface area contributed by atoms with Gasteiger partial charge in [-0.15, -0.1) is 0 Å². The lowest BCUT2D eigenvalue weighted by Crippen LogP contribution is -2.46. The maximum atomic E-state index is 12.6. The molecule has 0 bridgehead atoms. The summed E-state index contributed by atoms with van der Waals surface area (Å²) < 4.78 is 0. The first-order valence-corrected chi connectivity index (χ1v) is 8.82. The molecule has 5 nitrogen and oxygen atoms in total. The van der Waals surface area contributed by atoms with Gasteiger partial charge in [-0.25, -0.2) is 0 Å². The Bertz CT molecular complexity index is 598. The van der Waals surface area contributed by atoms with Crippen LogP contribution in [-0.2, 0) is 20.8 Å². The molecule has 1 atom stereocenters. The molecular weight excluding hydrogens is 304 g/mol. The maximum Gasteiger partial charge on any atom is 0.229 e. The molecule has 0 aromatic heterocycles. The fourth-order valence-electron chi connectivity index (χ4n) is 3.65. The summed E-state index contributed by atoms with van der Waals surface area (Å²) >= 11 is 0. The van der Waals surface area contributed by atoms with Crippen LogP contribution in [0, 0.1) is 0 Å². The minimum Gasteiger partial charge on any atom is -0.339 e. The van der Waals surface area contributed by atoms with Gasteiger partial charge in [-0.2, -0.15) is 0 Å². The van der Waals surface area contributed by atoms with Crippen LogP contribution < -0.4 is 0 Å². The standard InChI is InChI=1S/C19H24N2O3/c22-17-9-10-18(23)21(17)13-11-19(24)20-12-5-4-8-16(20)14-15-6-2-1-3-7-15/h1-3,6-7,16H,4-5,8-14H2/t16-/m0/s1. The highest BCUT2D eigenvalue weighted by Crippen LogP contribution is 2.22. The number of carbonyl (C=O) groups is 3. The van der Waals surface area contributed by atoms with E-state index in [4.69, 9.17) is 0 Å². The van der Waals surface area contributed by atoms with Crippen molar-refractivity contribution in [1.82, 2.24) is 9.80 Å². The lowest BCUT2D eigenvalue weighted by atomic mass is 9.95. The number of amides is 3. The first-order valence-electron chi connectivity index (χ1n) is 8.82. The first kappa shape index (κ1) is 16.7. The molecule has 24 heavy (non-hydrogen) atoms. The molecule has 3 amide bonds. The van der Waals surface area contributed by atoms with Gasteiger partial charge >= 0.3 is 0 Å². The lowest BCUT2D eigenvalue weighted by molar-refractivity contribution is -0.140. The van der Waals surface area contributed by atoms with E-state index in [2.05, 4.69) is 12.1 Å². The van der Waals surface area contributed by atoms with Crippen LogP contribution in [0.2, 0.25) is 0 Å². The molecule has 0 unspecified atom stereocenters. The molecule has 0 radical (unpaired) electrons. The van der Waals surface area contributed by atoms with Gasteiger partial charge < -0.3 is 4.90 Å². The van der Waals surface area contributed by atoms with Gasteiger partial charge in [0.25, 0.3) is 0 Å². The molecule has 2 heterocycles. The fourth-order valence-corrected chi connectivity index (χ4v) is 3.65. The molecule has 0 aliphatic carbocycles. The molecule has 2 fully saturated rings. The quantitative estimate of drug-likeness (QED) is 0.778. The molecule has 3 rings (SSSR count). The Balaban J connectivity index is 1.59. The van der Waals surface area contributed by atoms with Crippen molar-refractivity contribution < 1.29 is 14.4 Å². The molecule has 1 aromatic carbocycles. The van der Waals surface area contributed by atoms with Gasteiger partial charge in [0.15, 0.2) is 0 Å². The third-order valence-electron chi connectivity index (χ3n) is 4.97. The highest BCUT2D eigenvalue weighted by atomic mass is 16.2. The van der Waals surface area contributed by atoms with E-state index in [1.165, 1.54) is 10.5 Å². The van der Waals surface area contributed by atoms with Crippen molar-refractivity contribution in [3.05, 3.63) is 35.9 Å². The number of hydrogen-bond acceptors (Lipinski definition) is 3. The van der Waals surface area contributed by atoms with E-state index < -0.39 is 0 Å². The van der Waals surface area contributed by atoms with Gasteiger partial charge in [-0.1, -0.05) is 30.3 Å². The van der Waals surface area contributed by atoms with Gasteiger partial charge in [0.1, 0.15) is 0 Å². The number of nitrogens with zero attached hydrogens (tertiary/aromatic N) is 2. The van der Waals surface area contributed by atoms with Gasteiger partial charge in [0, 0.05) is 38.4 Å². The van der Waals surface area contributed by atoms with Crippen LogP contribution in [-0.4, -0.2) is 46.7 Å². The molecule has 1 aromatic rings. The number of piperidine rings is 1. The second-order valence-electron chi connectivity index (χ2n) is 6.62. The van der Waals surface area contributed by atoms with Crippen molar-refractivity contribution in [2.45, 2.75) is 51.0 Å². The van der Waals surface area contributed by atoms with Crippen LogP contribution in [0.25, 0.3) is 0 Å². The third-order valence-corrected chi connectivity index (χ3v) is 4.97. The van der Waals surface area contributed by atoms with Crippen molar-refractivity contribution in [2.75, 3.05) is 13.1 Å². The first-order chi connectivity index (χ1) is 11.6. The smallest absolute Gasteiger partial charge is 0.229 e. The number of rotatable bonds is 5. The monoisotopic (exact) mass is 328 g/mol.